The Kier molecular flexibility index (Phi) is 7.50. The van der Waals surface area contributed by atoms with Crippen LogP contribution in [0.2, 0.25) is 0 Å². The number of amides is 1. The van der Waals surface area contributed by atoms with Crippen LogP contribution >= 0.6 is 0 Å². The molecule has 0 aromatic heterocycles. The number of para-hydroxylation sites is 1. The fourth-order valence-corrected chi connectivity index (χ4v) is 5.38. The summed E-state index contributed by atoms with van der Waals surface area (Å²) in [6.07, 6.45) is 1.09. The molecule has 3 rings (SSSR count). The van der Waals surface area contributed by atoms with Crippen molar-refractivity contribution in [2.24, 2.45) is 5.92 Å². The Hall–Kier alpha value is -2.65. The lowest BCUT2D eigenvalue weighted by Crippen LogP contribution is -2.50. The topological polar surface area (TPSA) is 79.0 Å². The molecule has 0 bridgehead atoms. The molecule has 1 aliphatic rings. The largest absolute Gasteiger partial charge is 0.494 e. The standard InChI is InChI=1S/C22H28FN3O4S/c1-3-26(18-11-13-19(14-12-18)30-4-2)31(28,29)25-15-7-8-17(16-25)22(27)24-21-10-6-5-9-20(21)23/h5-6,9-14,17H,3-4,7-8,15-16H2,1-2H3,(H,24,27)/t17-/m1/s1. The quantitative estimate of drug-likeness (QED) is 0.667. The van der Waals surface area contributed by atoms with Crippen LogP contribution in [0.15, 0.2) is 48.5 Å². The second kappa shape index (κ2) is 10.1. The normalized spacial score (nSPS) is 17.2. The van der Waals surface area contributed by atoms with E-state index in [4.69, 9.17) is 4.74 Å². The first-order valence-electron chi connectivity index (χ1n) is 10.4. The molecule has 7 nitrogen and oxygen atoms in total. The molecule has 1 N–H and O–H groups in total. The highest BCUT2D eigenvalue weighted by atomic mass is 32.2. The molecule has 1 heterocycles. The minimum Gasteiger partial charge on any atom is -0.494 e. The van der Waals surface area contributed by atoms with E-state index in [1.54, 1.807) is 43.3 Å². The van der Waals surface area contributed by atoms with E-state index in [0.717, 1.165) is 0 Å². The summed E-state index contributed by atoms with van der Waals surface area (Å²) in [6.45, 7) is 4.81. The zero-order valence-electron chi connectivity index (χ0n) is 17.8. The highest BCUT2D eigenvalue weighted by Crippen LogP contribution is 2.27. The van der Waals surface area contributed by atoms with Gasteiger partial charge in [-0.3, -0.25) is 9.10 Å². The zero-order valence-corrected chi connectivity index (χ0v) is 18.6. The number of hydrogen-bond acceptors (Lipinski definition) is 4. The van der Waals surface area contributed by atoms with E-state index in [9.17, 15) is 17.6 Å². The van der Waals surface area contributed by atoms with Crippen LogP contribution in [0.5, 0.6) is 5.75 Å². The molecule has 2 aromatic rings. The van der Waals surface area contributed by atoms with E-state index < -0.39 is 21.9 Å². The van der Waals surface area contributed by atoms with Crippen LogP contribution in [0.3, 0.4) is 0 Å². The molecule has 0 aliphatic carbocycles. The van der Waals surface area contributed by atoms with Crippen LogP contribution in [-0.4, -0.2) is 44.9 Å². The number of benzene rings is 2. The number of piperidine rings is 1. The van der Waals surface area contributed by atoms with Crippen molar-refractivity contribution in [1.82, 2.24) is 4.31 Å². The van der Waals surface area contributed by atoms with E-state index in [1.165, 1.54) is 20.7 Å². The Morgan fingerprint density at radius 1 is 1.19 bits per heavy atom. The van der Waals surface area contributed by atoms with E-state index in [-0.39, 0.29) is 24.7 Å². The molecule has 0 spiro atoms. The maximum Gasteiger partial charge on any atom is 0.304 e. The van der Waals surface area contributed by atoms with Gasteiger partial charge in [0.2, 0.25) is 5.91 Å². The summed E-state index contributed by atoms with van der Waals surface area (Å²) in [5, 5.41) is 2.58. The molecule has 1 fully saturated rings. The molecule has 2 aromatic carbocycles. The maximum atomic E-state index is 13.9. The first kappa shape index (κ1) is 23.0. The Balaban J connectivity index is 1.73. The highest BCUT2D eigenvalue weighted by Gasteiger charge is 2.35. The summed E-state index contributed by atoms with van der Waals surface area (Å²) < 4.78 is 48.6. The van der Waals surface area contributed by atoms with Crippen LogP contribution < -0.4 is 14.4 Å². The number of rotatable bonds is 8. The van der Waals surface area contributed by atoms with Gasteiger partial charge in [0.15, 0.2) is 0 Å². The number of halogens is 1. The molecular formula is C22H28FN3O4S. The summed E-state index contributed by atoms with van der Waals surface area (Å²) >= 11 is 0. The van der Waals surface area contributed by atoms with Gasteiger partial charge < -0.3 is 10.1 Å². The monoisotopic (exact) mass is 449 g/mol. The first-order valence-corrected chi connectivity index (χ1v) is 11.8. The molecule has 0 unspecified atom stereocenters. The summed E-state index contributed by atoms with van der Waals surface area (Å²) in [5.74, 6) is -0.789. The Labute approximate surface area is 183 Å². The van der Waals surface area contributed by atoms with Crippen molar-refractivity contribution in [3.63, 3.8) is 0 Å². The first-order chi connectivity index (χ1) is 14.9. The molecule has 168 valence electrons. The minimum atomic E-state index is -3.83. The smallest absolute Gasteiger partial charge is 0.304 e. The molecule has 9 heteroatoms. The maximum absolute atomic E-state index is 13.9. The zero-order chi connectivity index (χ0) is 22.4. The SMILES string of the molecule is CCOc1ccc(N(CC)S(=O)(=O)N2CCC[C@@H](C(=O)Nc3ccccc3F)C2)cc1. The Bertz CT molecular complexity index is 998. The van der Waals surface area contributed by atoms with Crippen LogP contribution in [-0.2, 0) is 15.0 Å². The number of carbonyl (C=O) groups is 1. The number of nitrogens with one attached hydrogen (secondary N) is 1. The van der Waals surface area contributed by atoms with E-state index in [1.807, 2.05) is 6.92 Å². The summed E-state index contributed by atoms with van der Waals surface area (Å²) in [5.41, 5.74) is 0.626. The van der Waals surface area contributed by atoms with Crippen LogP contribution in [0.1, 0.15) is 26.7 Å². The number of anilines is 2. The van der Waals surface area contributed by atoms with Gasteiger partial charge in [0.1, 0.15) is 11.6 Å². The number of carbonyl (C=O) groups excluding carboxylic acids is 1. The number of ether oxygens (including phenoxy) is 1. The van der Waals surface area contributed by atoms with Gasteiger partial charge in [0.05, 0.1) is 23.9 Å². The molecular weight excluding hydrogens is 421 g/mol. The Morgan fingerprint density at radius 3 is 2.55 bits per heavy atom. The predicted molar refractivity (Wildman–Crippen MR) is 119 cm³/mol. The average Bonchev–Trinajstić information content (AvgIpc) is 2.77. The third-order valence-electron chi connectivity index (χ3n) is 5.21. The van der Waals surface area contributed by atoms with Gasteiger partial charge in [-0.2, -0.15) is 12.7 Å². The van der Waals surface area contributed by atoms with Gasteiger partial charge in [0, 0.05) is 19.6 Å². The van der Waals surface area contributed by atoms with Gasteiger partial charge in [0.25, 0.3) is 0 Å². The third-order valence-corrected chi connectivity index (χ3v) is 7.22. The summed E-state index contributed by atoms with van der Waals surface area (Å²) in [4.78, 5) is 12.7. The minimum absolute atomic E-state index is 0.0517. The molecule has 31 heavy (non-hydrogen) atoms. The van der Waals surface area contributed by atoms with Crippen molar-refractivity contribution in [2.45, 2.75) is 26.7 Å². The van der Waals surface area contributed by atoms with Crippen molar-refractivity contribution >= 4 is 27.5 Å². The van der Waals surface area contributed by atoms with E-state index in [0.29, 0.717) is 37.4 Å². The van der Waals surface area contributed by atoms with Crippen LogP contribution in [0.4, 0.5) is 15.8 Å². The fourth-order valence-electron chi connectivity index (χ4n) is 3.66. The average molecular weight is 450 g/mol. The van der Waals surface area contributed by atoms with Crippen molar-refractivity contribution in [2.75, 3.05) is 35.9 Å². The number of hydrogen-bond donors (Lipinski definition) is 1. The lowest BCUT2D eigenvalue weighted by atomic mass is 9.98. The van der Waals surface area contributed by atoms with Crippen molar-refractivity contribution in [1.29, 1.82) is 0 Å². The second-order valence-electron chi connectivity index (χ2n) is 7.27. The van der Waals surface area contributed by atoms with Crippen molar-refractivity contribution in [3.8, 4) is 5.75 Å². The van der Waals surface area contributed by atoms with Gasteiger partial charge >= 0.3 is 10.2 Å². The van der Waals surface area contributed by atoms with Crippen molar-refractivity contribution in [3.05, 3.63) is 54.3 Å². The Morgan fingerprint density at radius 2 is 1.90 bits per heavy atom. The molecule has 1 amide bonds. The lowest BCUT2D eigenvalue weighted by molar-refractivity contribution is -0.120. The van der Waals surface area contributed by atoms with Crippen LogP contribution in [0.25, 0.3) is 0 Å². The van der Waals surface area contributed by atoms with Gasteiger partial charge in [-0.15, -0.1) is 0 Å². The highest BCUT2D eigenvalue weighted by molar-refractivity contribution is 7.90. The van der Waals surface area contributed by atoms with Gasteiger partial charge in [-0.25, -0.2) is 4.39 Å². The van der Waals surface area contributed by atoms with Gasteiger partial charge in [-0.05, 0) is 63.1 Å². The third kappa shape index (κ3) is 5.34. The predicted octanol–water partition coefficient (Wildman–Crippen LogP) is 3.65. The molecule has 1 saturated heterocycles. The molecule has 0 saturated carbocycles. The van der Waals surface area contributed by atoms with Gasteiger partial charge in [-0.1, -0.05) is 12.1 Å². The molecule has 1 aliphatic heterocycles. The van der Waals surface area contributed by atoms with Crippen LogP contribution in [0, 0.1) is 11.7 Å². The molecule has 1 atom stereocenters. The fraction of sp³-hybridized carbons (Fsp3) is 0.409. The van der Waals surface area contributed by atoms with Crippen molar-refractivity contribution < 1.29 is 22.3 Å². The van der Waals surface area contributed by atoms with E-state index >= 15 is 0 Å². The number of nitrogens with zero attached hydrogens (tertiary/aromatic N) is 2. The summed E-state index contributed by atoms with van der Waals surface area (Å²) in [7, 11) is -3.83. The molecule has 0 radical (unpaired) electrons. The summed E-state index contributed by atoms with van der Waals surface area (Å²) in [6, 6.07) is 12.8. The second-order valence-corrected chi connectivity index (χ2v) is 9.12. The van der Waals surface area contributed by atoms with E-state index in [2.05, 4.69) is 5.32 Å². The lowest BCUT2D eigenvalue weighted by Gasteiger charge is -2.35.